The first-order valence-corrected chi connectivity index (χ1v) is 9.85. The lowest BCUT2D eigenvalue weighted by molar-refractivity contribution is 0.299. The first kappa shape index (κ1) is 18.0. The van der Waals surface area contributed by atoms with Crippen molar-refractivity contribution in [2.45, 2.75) is 19.4 Å². The Morgan fingerprint density at radius 3 is 2.50 bits per heavy atom. The highest BCUT2D eigenvalue weighted by Gasteiger charge is 2.20. The van der Waals surface area contributed by atoms with Gasteiger partial charge in [0.1, 0.15) is 12.4 Å². The molecule has 1 aliphatic rings. The summed E-state index contributed by atoms with van der Waals surface area (Å²) in [5, 5.41) is 6.57. The van der Waals surface area contributed by atoms with Crippen LogP contribution < -0.4 is 10.1 Å². The second-order valence-electron chi connectivity index (χ2n) is 6.41. The van der Waals surface area contributed by atoms with Gasteiger partial charge in [0.05, 0.1) is 22.1 Å². The minimum atomic E-state index is 0.575. The Hall–Kier alpha value is -1.39. The van der Waals surface area contributed by atoms with Crippen LogP contribution in [0.3, 0.4) is 0 Å². The molecular formula is C20H19Cl3N2O. The number of ether oxygens (including phenoxy) is 1. The number of aromatic nitrogens is 1. The maximum atomic E-state index is 6.30. The van der Waals surface area contributed by atoms with E-state index in [2.05, 4.69) is 9.88 Å². The summed E-state index contributed by atoms with van der Waals surface area (Å²) in [5.74, 6) is 0.819. The molecule has 0 amide bonds. The Bertz CT molecular complexity index is 935. The molecular weight excluding hydrogens is 391 g/mol. The lowest BCUT2D eigenvalue weighted by Gasteiger charge is -2.12. The molecule has 1 N–H and O–H groups in total. The molecule has 4 rings (SSSR count). The third-order valence-corrected chi connectivity index (χ3v) is 5.79. The lowest BCUT2D eigenvalue weighted by atomic mass is 10.1. The number of halogens is 3. The van der Waals surface area contributed by atoms with Gasteiger partial charge in [0.25, 0.3) is 0 Å². The van der Waals surface area contributed by atoms with Crippen molar-refractivity contribution in [3.8, 4) is 5.75 Å². The monoisotopic (exact) mass is 408 g/mol. The number of benzene rings is 2. The second kappa shape index (κ2) is 7.69. The van der Waals surface area contributed by atoms with Gasteiger partial charge in [-0.2, -0.15) is 0 Å². The van der Waals surface area contributed by atoms with Crippen LogP contribution in [0.4, 0.5) is 0 Å². The molecule has 136 valence electrons. The van der Waals surface area contributed by atoms with E-state index in [0.717, 1.165) is 43.7 Å². The quantitative estimate of drug-likeness (QED) is 0.627. The number of nitrogens with zero attached hydrogens (tertiary/aromatic N) is 1. The average molecular weight is 410 g/mol. The van der Waals surface area contributed by atoms with Crippen LogP contribution in [0.15, 0.2) is 36.4 Å². The van der Waals surface area contributed by atoms with Gasteiger partial charge in [-0.3, -0.25) is 0 Å². The Kier molecular flexibility index (Phi) is 5.32. The van der Waals surface area contributed by atoms with E-state index in [0.29, 0.717) is 21.7 Å². The summed E-state index contributed by atoms with van der Waals surface area (Å²) in [7, 11) is 0. The fourth-order valence-corrected chi connectivity index (χ4v) is 4.06. The SMILES string of the molecule is Clc1ccc(OCCn2c3c(c4cc(Cl)c(Cl)cc42)CCNCC3)cc1. The Morgan fingerprint density at radius 2 is 1.69 bits per heavy atom. The van der Waals surface area contributed by atoms with E-state index in [1.54, 1.807) is 0 Å². The zero-order valence-electron chi connectivity index (χ0n) is 14.2. The standard InChI is InChI=1S/C20H19Cl3N2O/c21-13-1-3-14(4-2-13)26-10-9-25-19-6-8-24-7-5-15(19)16-11-17(22)18(23)12-20(16)25/h1-4,11-12,24H,5-10H2. The normalized spacial score (nSPS) is 14.3. The number of nitrogens with one attached hydrogen (secondary N) is 1. The summed E-state index contributed by atoms with van der Waals surface area (Å²) in [5.41, 5.74) is 3.85. The van der Waals surface area contributed by atoms with Crippen molar-refractivity contribution < 1.29 is 4.74 Å². The molecule has 1 aliphatic heterocycles. The minimum Gasteiger partial charge on any atom is -0.492 e. The molecule has 26 heavy (non-hydrogen) atoms. The second-order valence-corrected chi connectivity index (χ2v) is 7.66. The highest BCUT2D eigenvalue weighted by molar-refractivity contribution is 6.42. The van der Waals surface area contributed by atoms with Gasteiger partial charge >= 0.3 is 0 Å². The number of hydrogen-bond donors (Lipinski definition) is 1. The molecule has 0 saturated carbocycles. The molecule has 2 aromatic carbocycles. The summed E-state index contributed by atoms with van der Waals surface area (Å²) in [6.45, 7) is 3.29. The Labute approximate surface area is 167 Å². The van der Waals surface area contributed by atoms with E-state index in [1.165, 1.54) is 16.6 Å². The fourth-order valence-electron chi connectivity index (χ4n) is 3.62. The zero-order chi connectivity index (χ0) is 18.1. The van der Waals surface area contributed by atoms with Crippen LogP contribution in [0.5, 0.6) is 5.75 Å². The molecule has 0 atom stereocenters. The number of fused-ring (bicyclic) bond motifs is 3. The third kappa shape index (κ3) is 3.54. The van der Waals surface area contributed by atoms with Crippen LogP contribution in [0.25, 0.3) is 10.9 Å². The Balaban J connectivity index is 1.65. The van der Waals surface area contributed by atoms with Crippen molar-refractivity contribution >= 4 is 45.7 Å². The first-order chi connectivity index (χ1) is 12.6. The summed E-state index contributed by atoms with van der Waals surface area (Å²) in [6.07, 6.45) is 1.98. The van der Waals surface area contributed by atoms with E-state index < -0.39 is 0 Å². The highest BCUT2D eigenvalue weighted by atomic mass is 35.5. The molecule has 3 nitrogen and oxygen atoms in total. The lowest BCUT2D eigenvalue weighted by Crippen LogP contribution is -2.18. The van der Waals surface area contributed by atoms with E-state index in [9.17, 15) is 0 Å². The highest BCUT2D eigenvalue weighted by Crippen LogP contribution is 2.34. The van der Waals surface area contributed by atoms with Gasteiger partial charge in [-0.1, -0.05) is 34.8 Å². The van der Waals surface area contributed by atoms with Gasteiger partial charge in [0, 0.05) is 29.1 Å². The Morgan fingerprint density at radius 1 is 0.962 bits per heavy atom. The molecule has 0 aliphatic carbocycles. The molecule has 3 aromatic rings. The maximum absolute atomic E-state index is 6.30. The van der Waals surface area contributed by atoms with Crippen LogP contribution in [-0.4, -0.2) is 24.3 Å². The van der Waals surface area contributed by atoms with E-state index in [4.69, 9.17) is 39.5 Å². The molecule has 0 fully saturated rings. The molecule has 2 heterocycles. The van der Waals surface area contributed by atoms with Crippen LogP contribution in [-0.2, 0) is 19.4 Å². The van der Waals surface area contributed by atoms with Crippen LogP contribution in [0.1, 0.15) is 11.3 Å². The summed E-state index contributed by atoms with van der Waals surface area (Å²) in [4.78, 5) is 0. The molecule has 0 unspecified atom stereocenters. The molecule has 1 aromatic heterocycles. The van der Waals surface area contributed by atoms with Crippen molar-refractivity contribution in [2.24, 2.45) is 0 Å². The smallest absolute Gasteiger partial charge is 0.119 e. The van der Waals surface area contributed by atoms with Gasteiger partial charge in [-0.15, -0.1) is 0 Å². The average Bonchev–Trinajstić information content (AvgIpc) is 2.79. The summed E-state index contributed by atoms with van der Waals surface area (Å²) in [6, 6.07) is 11.4. The predicted octanol–water partition coefficient (Wildman–Crippen LogP) is 5.37. The molecule has 0 spiro atoms. The van der Waals surface area contributed by atoms with Crippen LogP contribution >= 0.6 is 34.8 Å². The fraction of sp³-hybridized carbons (Fsp3) is 0.300. The van der Waals surface area contributed by atoms with Crippen molar-refractivity contribution in [3.63, 3.8) is 0 Å². The summed E-state index contributed by atoms with van der Waals surface area (Å²) < 4.78 is 8.23. The van der Waals surface area contributed by atoms with E-state index in [-0.39, 0.29) is 0 Å². The minimum absolute atomic E-state index is 0.575. The third-order valence-electron chi connectivity index (χ3n) is 4.82. The van der Waals surface area contributed by atoms with Gasteiger partial charge in [-0.05, 0) is 54.9 Å². The summed E-state index contributed by atoms with van der Waals surface area (Å²) >= 11 is 18.5. The topological polar surface area (TPSA) is 26.2 Å². The van der Waals surface area contributed by atoms with Crippen molar-refractivity contribution in [3.05, 3.63) is 62.7 Å². The molecule has 0 radical (unpaired) electrons. The van der Waals surface area contributed by atoms with E-state index >= 15 is 0 Å². The van der Waals surface area contributed by atoms with Crippen molar-refractivity contribution in [2.75, 3.05) is 19.7 Å². The van der Waals surface area contributed by atoms with Gasteiger partial charge in [0.15, 0.2) is 0 Å². The maximum Gasteiger partial charge on any atom is 0.119 e. The van der Waals surface area contributed by atoms with E-state index in [1.807, 2.05) is 36.4 Å². The van der Waals surface area contributed by atoms with Crippen molar-refractivity contribution in [1.82, 2.24) is 9.88 Å². The van der Waals surface area contributed by atoms with Gasteiger partial charge in [0.2, 0.25) is 0 Å². The largest absolute Gasteiger partial charge is 0.492 e. The van der Waals surface area contributed by atoms with Crippen LogP contribution in [0.2, 0.25) is 15.1 Å². The molecule has 6 heteroatoms. The molecule has 0 saturated heterocycles. The number of hydrogen-bond acceptors (Lipinski definition) is 2. The first-order valence-electron chi connectivity index (χ1n) is 8.71. The van der Waals surface area contributed by atoms with Crippen molar-refractivity contribution in [1.29, 1.82) is 0 Å². The predicted molar refractivity (Wildman–Crippen MR) is 109 cm³/mol. The molecule has 0 bridgehead atoms. The zero-order valence-corrected chi connectivity index (χ0v) is 16.5. The van der Waals surface area contributed by atoms with Crippen LogP contribution in [0, 0.1) is 0 Å². The van der Waals surface area contributed by atoms with Gasteiger partial charge in [-0.25, -0.2) is 0 Å². The number of rotatable bonds is 4. The van der Waals surface area contributed by atoms with Gasteiger partial charge < -0.3 is 14.6 Å².